The molecule has 37 heavy (non-hydrogen) atoms. The monoisotopic (exact) mass is 513 g/mol. The van der Waals surface area contributed by atoms with Crippen molar-refractivity contribution in [2.45, 2.75) is 13.3 Å². The Balaban J connectivity index is 1.19. The molecule has 2 aromatic carbocycles. The lowest BCUT2D eigenvalue weighted by Crippen LogP contribution is -2.46. The molecule has 190 valence electrons. The van der Waals surface area contributed by atoms with Gasteiger partial charge in [0.05, 0.1) is 22.8 Å². The number of aldehydes is 1. The molecule has 0 radical (unpaired) electrons. The number of piperazine rings is 1. The number of aromatic nitrogens is 3. The Morgan fingerprint density at radius 2 is 1.76 bits per heavy atom. The SMILES string of the molecule is Cc1nc(NCCc2ccccc2)sc1-c1ccnc(Nc2ccc(N3CCN(CC=O)CC3)cc2)n1. The van der Waals surface area contributed by atoms with Crippen LogP contribution in [-0.2, 0) is 11.2 Å². The summed E-state index contributed by atoms with van der Waals surface area (Å²) in [7, 11) is 0. The summed E-state index contributed by atoms with van der Waals surface area (Å²) in [5, 5.41) is 7.68. The molecular weight excluding hydrogens is 482 g/mol. The van der Waals surface area contributed by atoms with E-state index in [1.54, 1.807) is 17.5 Å². The highest BCUT2D eigenvalue weighted by Crippen LogP contribution is 2.32. The van der Waals surface area contributed by atoms with Crippen LogP contribution in [0.25, 0.3) is 10.6 Å². The zero-order chi connectivity index (χ0) is 25.5. The minimum atomic E-state index is 0.517. The van der Waals surface area contributed by atoms with Crippen LogP contribution >= 0.6 is 11.3 Å². The molecule has 2 aromatic heterocycles. The van der Waals surface area contributed by atoms with Crippen LogP contribution in [0.4, 0.5) is 22.5 Å². The molecule has 0 saturated carbocycles. The third-order valence-electron chi connectivity index (χ3n) is 6.41. The first-order valence-corrected chi connectivity index (χ1v) is 13.4. The number of rotatable bonds is 10. The Labute approximate surface area is 221 Å². The molecule has 9 heteroatoms. The fourth-order valence-corrected chi connectivity index (χ4v) is 5.35. The van der Waals surface area contributed by atoms with Crippen LogP contribution in [0, 0.1) is 6.92 Å². The van der Waals surface area contributed by atoms with E-state index in [1.807, 2.05) is 19.1 Å². The van der Waals surface area contributed by atoms with Gasteiger partial charge in [0, 0.05) is 50.3 Å². The van der Waals surface area contributed by atoms with E-state index in [2.05, 4.69) is 73.9 Å². The molecule has 0 aliphatic carbocycles. The summed E-state index contributed by atoms with van der Waals surface area (Å²) in [6.45, 7) is 7.01. The molecule has 5 rings (SSSR count). The van der Waals surface area contributed by atoms with Crippen molar-refractivity contribution >= 4 is 40.1 Å². The summed E-state index contributed by atoms with van der Waals surface area (Å²) in [6, 6.07) is 20.7. The summed E-state index contributed by atoms with van der Waals surface area (Å²) in [5.41, 5.74) is 5.23. The van der Waals surface area contributed by atoms with E-state index in [0.717, 1.165) is 72.5 Å². The Morgan fingerprint density at radius 1 is 0.973 bits per heavy atom. The van der Waals surface area contributed by atoms with Gasteiger partial charge in [-0.05, 0) is 49.2 Å². The van der Waals surface area contributed by atoms with E-state index in [4.69, 9.17) is 9.97 Å². The van der Waals surface area contributed by atoms with Crippen molar-refractivity contribution in [3.05, 3.63) is 78.1 Å². The van der Waals surface area contributed by atoms with Gasteiger partial charge in [-0.25, -0.2) is 15.0 Å². The van der Waals surface area contributed by atoms with E-state index >= 15 is 0 Å². The largest absolute Gasteiger partial charge is 0.369 e. The molecular formula is C28H31N7OS. The number of hydrogen-bond donors (Lipinski definition) is 2. The van der Waals surface area contributed by atoms with Crippen molar-refractivity contribution in [1.82, 2.24) is 19.9 Å². The smallest absolute Gasteiger partial charge is 0.227 e. The second kappa shape index (κ2) is 11.9. The van der Waals surface area contributed by atoms with Crippen LogP contribution in [-0.4, -0.2) is 65.4 Å². The molecule has 0 spiro atoms. The second-order valence-corrected chi connectivity index (χ2v) is 9.99. The normalized spacial score (nSPS) is 13.9. The zero-order valence-corrected chi connectivity index (χ0v) is 21.7. The van der Waals surface area contributed by atoms with Gasteiger partial charge in [0.2, 0.25) is 5.95 Å². The molecule has 0 unspecified atom stereocenters. The summed E-state index contributed by atoms with van der Waals surface area (Å²) in [4.78, 5) is 30.2. The van der Waals surface area contributed by atoms with Gasteiger partial charge in [-0.15, -0.1) is 0 Å². The van der Waals surface area contributed by atoms with Crippen molar-refractivity contribution in [1.29, 1.82) is 0 Å². The Hall–Kier alpha value is -3.82. The molecule has 0 bridgehead atoms. The number of anilines is 4. The highest BCUT2D eigenvalue weighted by Gasteiger charge is 2.17. The van der Waals surface area contributed by atoms with Gasteiger partial charge in [-0.3, -0.25) is 4.90 Å². The van der Waals surface area contributed by atoms with E-state index in [9.17, 15) is 4.79 Å². The molecule has 4 aromatic rings. The molecule has 1 saturated heterocycles. The zero-order valence-electron chi connectivity index (χ0n) is 20.9. The summed E-state index contributed by atoms with van der Waals surface area (Å²) in [5.74, 6) is 0.555. The number of carbonyl (C=O) groups is 1. The number of thiazole rings is 1. The van der Waals surface area contributed by atoms with Crippen LogP contribution in [0.15, 0.2) is 66.9 Å². The van der Waals surface area contributed by atoms with Crippen LogP contribution in [0.3, 0.4) is 0 Å². The van der Waals surface area contributed by atoms with Gasteiger partial charge in [0.15, 0.2) is 5.13 Å². The lowest BCUT2D eigenvalue weighted by atomic mass is 10.2. The maximum Gasteiger partial charge on any atom is 0.227 e. The average Bonchev–Trinajstić information content (AvgIpc) is 3.31. The van der Waals surface area contributed by atoms with Crippen molar-refractivity contribution in [3.8, 4) is 10.6 Å². The number of aryl methyl sites for hydroxylation is 1. The van der Waals surface area contributed by atoms with Gasteiger partial charge in [0.25, 0.3) is 0 Å². The van der Waals surface area contributed by atoms with Crippen molar-refractivity contribution in [2.75, 3.05) is 54.8 Å². The van der Waals surface area contributed by atoms with Crippen molar-refractivity contribution in [2.24, 2.45) is 0 Å². The van der Waals surface area contributed by atoms with Gasteiger partial charge >= 0.3 is 0 Å². The van der Waals surface area contributed by atoms with Crippen LogP contribution < -0.4 is 15.5 Å². The molecule has 1 aliphatic heterocycles. The summed E-state index contributed by atoms with van der Waals surface area (Å²) < 4.78 is 0. The number of hydrogen-bond acceptors (Lipinski definition) is 9. The molecule has 1 fully saturated rings. The van der Waals surface area contributed by atoms with Crippen LogP contribution in [0.2, 0.25) is 0 Å². The molecule has 0 amide bonds. The van der Waals surface area contributed by atoms with Gasteiger partial charge in [-0.1, -0.05) is 41.7 Å². The van der Waals surface area contributed by atoms with Crippen molar-refractivity contribution < 1.29 is 4.79 Å². The average molecular weight is 514 g/mol. The molecule has 0 atom stereocenters. The van der Waals surface area contributed by atoms with Gasteiger partial charge in [-0.2, -0.15) is 0 Å². The Kier molecular flexibility index (Phi) is 8.02. The number of benzene rings is 2. The third kappa shape index (κ3) is 6.49. The van der Waals surface area contributed by atoms with E-state index < -0.39 is 0 Å². The molecule has 8 nitrogen and oxygen atoms in total. The van der Waals surface area contributed by atoms with E-state index in [1.165, 1.54) is 11.3 Å². The summed E-state index contributed by atoms with van der Waals surface area (Å²) >= 11 is 1.62. The number of nitrogens with one attached hydrogen (secondary N) is 2. The van der Waals surface area contributed by atoms with E-state index in [-0.39, 0.29) is 0 Å². The second-order valence-electron chi connectivity index (χ2n) is 8.99. The minimum Gasteiger partial charge on any atom is -0.369 e. The first-order chi connectivity index (χ1) is 18.2. The quantitative estimate of drug-likeness (QED) is 0.297. The third-order valence-corrected chi connectivity index (χ3v) is 7.55. The van der Waals surface area contributed by atoms with Gasteiger partial charge in [0.1, 0.15) is 6.29 Å². The predicted octanol–water partition coefficient (Wildman–Crippen LogP) is 4.63. The fourth-order valence-electron chi connectivity index (χ4n) is 4.39. The molecule has 3 heterocycles. The lowest BCUT2D eigenvalue weighted by molar-refractivity contribution is -0.108. The molecule has 1 aliphatic rings. The van der Waals surface area contributed by atoms with Crippen LogP contribution in [0.1, 0.15) is 11.3 Å². The maximum absolute atomic E-state index is 10.7. The minimum absolute atomic E-state index is 0.517. The Morgan fingerprint density at radius 3 is 2.51 bits per heavy atom. The predicted molar refractivity (Wildman–Crippen MR) is 151 cm³/mol. The highest BCUT2D eigenvalue weighted by molar-refractivity contribution is 7.19. The topological polar surface area (TPSA) is 86.3 Å². The summed E-state index contributed by atoms with van der Waals surface area (Å²) in [6.07, 6.45) is 3.71. The molecule has 2 N–H and O–H groups in total. The van der Waals surface area contributed by atoms with Gasteiger partial charge < -0.3 is 20.3 Å². The lowest BCUT2D eigenvalue weighted by Gasteiger charge is -2.35. The maximum atomic E-state index is 10.7. The van der Waals surface area contributed by atoms with Crippen molar-refractivity contribution in [3.63, 3.8) is 0 Å². The first-order valence-electron chi connectivity index (χ1n) is 12.5. The standard InChI is InChI=1S/C28H31N7OS/c1-21-26(37-28(31-21)30-13-11-22-5-3-2-4-6-22)25-12-14-29-27(33-25)32-23-7-9-24(10-8-23)35-17-15-34(16-18-35)19-20-36/h2-10,12,14,20H,11,13,15-19H2,1H3,(H,30,31)(H,29,32,33). The number of carbonyl (C=O) groups excluding carboxylic acids is 1. The highest BCUT2D eigenvalue weighted by atomic mass is 32.1. The fraction of sp³-hybridized carbons (Fsp3) is 0.286. The Bertz CT molecular complexity index is 1300. The van der Waals surface area contributed by atoms with Crippen LogP contribution in [0.5, 0.6) is 0 Å². The van der Waals surface area contributed by atoms with E-state index in [0.29, 0.717) is 12.5 Å². The first kappa shape index (κ1) is 24.9. The number of nitrogens with zero attached hydrogens (tertiary/aromatic N) is 5.